The zero-order chi connectivity index (χ0) is 18.6. The monoisotopic (exact) mass is 369 g/mol. The first-order valence-corrected chi connectivity index (χ1v) is 10.8. The first-order valence-electron chi connectivity index (χ1n) is 9.39. The molecule has 2 aromatic carbocycles. The molecular weight excluding hydrogens is 342 g/mol. The van der Waals surface area contributed by atoms with Crippen LogP contribution in [0.4, 0.5) is 5.69 Å². The number of rotatable bonds is 7. The zero-order valence-electron chi connectivity index (χ0n) is 15.6. The second-order valence-corrected chi connectivity index (χ2v) is 8.75. The van der Waals surface area contributed by atoms with Crippen molar-refractivity contribution in [1.82, 2.24) is 0 Å². The topological polar surface area (TPSA) is 37.4 Å². The van der Waals surface area contributed by atoms with E-state index in [0.29, 0.717) is 4.90 Å². The summed E-state index contributed by atoms with van der Waals surface area (Å²) in [4.78, 5) is 0.351. The van der Waals surface area contributed by atoms with Gasteiger partial charge in [0.15, 0.2) is 0 Å². The smallest absolute Gasteiger partial charge is 0.259 e. The third-order valence-electron chi connectivity index (χ3n) is 4.87. The van der Waals surface area contributed by atoms with Crippen molar-refractivity contribution in [2.24, 2.45) is 0 Å². The molecule has 0 amide bonds. The molecule has 0 N–H and O–H groups in total. The van der Waals surface area contributed by atoms with E-state index in [1.54, 1.807) is 16.4 Å². The van der Waals surface area contributed by atoms with Gasteiger partial charge in [-0.3, -0.25) is 4.31 Å². The Kier molecular flexibility index (Phi) is 5.82. The lowest BCUT2D eigenvalue weighted by Gasteiger charge is -2.25. The van der Waals surface area contributed by atoms with E-state index in [1.165, 1.54) is 12.8 Å². The van der Waals surface area contributed by atoms with Crippen LogP contribution in [-0.4, -0.2) is 14.5 Å². The van der Waals surface area contributed by atoms with Crippen LogP contribution in [0.15, 0.2) is 65.6 Å². The van der Waals surface area contributed by atoms with Crippen LogP contribution in [0.25, 0.3) is 0 Å². The van der Waals surface area contributed by atoms with Gasteiger partial charge >= 0.3 is 0 Å². The average molecular weight is 370 g/mol. The quantitative estimate of drug-likeness (QED) is 0.494. The first-order chi connectivity index (χ1) is 12.5. The third-order valence-corrected chi connectivity index (χ3v) is 6.72. The van der Waals surface area contributed by atoms with Gasteiger partial charge in [-0.2, -0.15) is 0 Å². The van der Waals surface area contributed by atoms with E-state index in [9.17, 15) is 8.42 Å². The number of fused-ring (bicyclic) bond motifs is 1. The molecule has 0 saturated heterocycles. The van der Waals surface area contributed by atoms with Gasteiger partial charge in [0.25, 0.3) is 10.0 Å². The van der Waals surface area contributed by atoms with Gasteiger partial charge in [0.2, 0.25) is 0 Å². The minimum atomic E-state index is -3.58. The van der Waals surface area contributed by atoms with Crippen LogP contribution >= 0.6 is 0 Å². The van der Waals surface area contributed by atoms with Gasteiger partial charge in [-0.05, 0) is 49.9 Å². The minimum Gasteiger partial charge on any atom is -0.259 e. The van der Waals surface area contributed by atoms with E-state index in [1.807, 2.05) is 43.3 Å². The van der Waals surface area contributed by atoms with Gasteiger partial charge in [0.05, 0.1) is 16.6 Å². The van der Waals surface area contributed by atoms with Crippen molar-refractivity contribution < 1.29 is 8.42 Å². The molecule has 0 aliphatic carbocycles. The Morgan fingerprint density at radius 2 is 1.81 bits per heavy atom. The van der Waals surface area contributed by atoms with Crippen LogP contribution in [0.5, 0.6) is 0 Å². The largest absolute Gasteiger partial charge is 0.264 e. The number of nitrogens with zero attached hydrogens (tertiary/aromatic N) is 1. The molecule has 0 spiro atoms. The van der Waals surface area contributed by atoms with Crippen molar-refractivity contribution in [2.75, 3.05) is 4.31 Å². The fourth-order valence-electron chi connectivity index (χ4n) is 3.43. The second-order valence-electron chi connectivity index (χ2n) is 6.94. The minimum absolute atomic E-state index is 0.152. The number of sulfonamides is 1. The molecule has 1 heterocycles. The summed E-state index contributed by atoms with van der Waals surface area (Å²) < 4.78 is 28.3. The summed E-state index contributed by atoms with van der Waals surface area (Å²) in [7, 11) is -3.58. The van der Waals surface area contributed by atoms with Gasteiger partial charge in [-0.1, -0.05) is 67.8 Å². The Balaban J connectivity index is 1.92. The van der Waals surface area contributed by atoms with Crippen LogP contribution < -0.4 is 4.31 Å². The second kappa shape index (κ2) is 8.09. The van der Waals surface area contributed by atoms with Crippen molar-refractivity contribution in [1.29, 1.82) is 0 Å². The van der Waals surface area contributed by atoms with Crippen molar-refractivity contribution in [3.63, 3.8) is 0 Å². The van der Waals surface area contributed by atoms with Crippen molar-refractivity contribution in [2.45, 2.75) is 56.9 Å². The summed E-state index contributed by atoms with van der Waals surface area (Å²) >= 11 is 0. The predicted molar refractivity (Wildman–Crippen MR) is 108 cm³/mol. The highest BCUT2D eigenvalue weighted by Crippen LogP contribution is 2.37. The van der Waals surface area contributed by atoms with Gasteiger partial charge in [0, 0.05) is 0 Å². The molecule has 138 valence electrons. The van der Waals surface area contributed by atoms with E-state index in [4.69, 9.17) is 0 Å². The molecular formula is C22H27NO2S. The van der Waals surface area contributed by atoms with Crippen molar-refractivity contribution >= 4 is 15.7 Å². The van der Waals surface area contributed by atoms with Gasteiger partial charge in [-0.15, -0.1) is 0 Å². The fourth-order valence-corrected chi connectivity index (χ4v) is 5.07. The number of anilines is 1. The number of para-hydroxylation sites is 1. The summed E-state index contributed by atoms with van der Waals surface area (Å²) in [6, 6.07) is 14.8. The van der Waals surface area contributed by atoms with Crippen LogP contribution in [0.3, 0.4) is 0 Å². The Morgan fingerprint density at radius 3 is 2.54 bits per heavy atom. The predicted octanol–water partition coefficient (Wildman–Crippen LogP) is 5.25. The molecule has 1 atom stereocenters. The maximum absolute atomic E-state index is 13.3. The number of hydrogen-bond donors (Lipinski definition) is 0. The molecule has 1 unspecified atom stereocenters. The number of unbranched alkanes of at least 4 members (excludes halogenated alkanes) is 3. The van der Waals surface area contributed by atoms with Gasteiger partial charge in [0.1, 0.15) is 0 Å². The van der Waals surface area contributed by atoms with E-state index in [-0.39, 0.29) is 6.04 Å². The number of benzene rings is 2. The molecule has 3 nitrogen and oxygen atoms in total. The Bertz CT molecular complexity index is 869. The molecule has 1 aliphatic rings. The first kappa shape index (κ1) is 18.7. The van der Waals surface area contributed by atoms with Gasteiger partial charge in [-0.25, -0.2) is 8.42 Å². The highest BCUT2D eigenvalue weighted by molar-refractivity contribution is 7.92. The summed E-state index contributed by atoms with van der Waals surface area (Å²) in [5.41, 5.74) is 2.95. The highest BCUT2D eigenvalue weighted by Gasteiger charge is 2.36. The summed E-state index contributed by atoms with van der Waals surface area (Å²) in [6.07, 6.45) is 9.49. The summed E-state index contributed by atoms with van der Waals surface area (Å²) in [6.45, 7) is 4.15. The van der Waals surface area contributed by atoms with E-state index >= 15 is 0 Å². The fraction of sp³-hybridized carbons (Fsp3) is 0.364. The normalized spacial score (nSPS) is 17.0. The van der Waals surface area contributed by atoms with Crippen LogP contribution in [0.1, 0.15) is 43.7 Å². The van der Waals surface area contributed by atoms with E-state index in [2.05, 4.69) is 19.1 Å². The lowest BCUT2D eigenvalue weighted by atomic mass is 10.1. The third kappa shape index (κ3) is 3.85. The highest BCUT2D eigenvalue weighted by atomic mass is 32.2. The summed E-state index contributed by atoms with van der Waals surface area (Å²) in [5, 5.41) is 0. The zero-order valence-corrected chi connectivity index (χ0v) is 16.4. The van der Waals surface area contributed by atoms with E-state index in [0.717, 1.165) is 36.1 Å². The lowest BCUT2D eigenvalue weighted by molar-refractivity contribution is 0.587. The van der Waals surface area contributed by atoms with Crippen LogP contribution in [-0.2, 0) is 16.4 Å². The van der Waals surface area contributed by atoms with Crippen LogP contribution in [0.2, 0.25) is 0 Å². The standard InChI is InChI=1S/C22H27NO2S/c1-3-4-5-6-7-11-20-17-19-10-8-9-12-22(19)23(20)26(24,25)21-15-13-18(2)14-16-21/h7-16,20H,3-6,17H2,1-2H3/b11-7+. The molecule has 0 aromatic heterocycles. The molecule has 2 aromatic rings. The lowest BCUT2D eigenvalue weighted by Crippen LogP contribution is -2.36. The average Bonchev–Trinajstić information content (AvgIpc) is 3.01. The molecule has 0 fully saturated rings. The molecule has 0 saturated carbocycles. The van der Waals surface area contributed by atoms with Crippen molar-refractivity contribution in [3.05, 3.63) is 71.8 Å². The number of hydrogen-bond acceptors (Lipinski definition) is 2. The van der Waals surface area contributed by atoms with Crippen molar-refractivity contribution in [3.8, 4) is 0 Å². The molecule has 26 heavy (non-hydrogen) atoms. The number of aryl methyl sites for hydroxylation is 1. The number of allylic oxidation sites excluding steroid dienone is 1. The maximum Gasteiger partial charge on any atom is 0.264 e. The van der Waals surface area contributed by atoms with Crippen LogP contribution in [0, 0.1) is 6.92 Å². The molecule has 0 radical (unpaired) electrons. The Morgan fingerprint density at radius 1 is 1.08 bits per heavy atom. The molecule has 4 heteroatoms. The Hall–Kier alpha value is -2.07. The SMILES string of the molecule is CCCCC/C=C/C1Cc2ccccc2N1S(=O)(=O)c1ccc(C)cc1. The van der Waals surface area contributed by atoms with E-state index < -0.39 is 10.0 Å². The Labute approximate surface area is 157 Å². The molecule has 1 aliphatic heterocycles. The van der Waals surface area contributed by atoms with Gasteiger partial charge < -0.3 is 0 Å². The molecule has 3 rings (SSSR count). The molecule has 0 bridgehead atoms. The maximum atomic E-state index is 13.3. The summed E-state index contributed by atoms with van der Waals surface area (Å²) in [5.74, 6) is 0.